The maximum absolute atomic E-state index is 12.3. The lowest BCUT2D eigenvalue weighted by Gasteiger charge is -2.33. The minimum atomic E-state index is -0.493. The van der Waals surface area contributed by atoms with Gasteiger partial charge in [-0.05, 0) is 18.2 Å². The highest BCUT2D eigenvalue weighted by atomic mass is 35.5. The van der Waals surface area contributed by atoms with Gasteiger partial charge in [-0.15, -0.1) is 0 Å². The number of hydrogen-bond acceptors (Lipinski definition) is 2. The van der Waals surface area contributed by atoms with Gasteiger partial charge in [0.05, 0.1) is 12.7 Å². The van der Waals surface area contributed by atoms with Gasteiger partial charge >= 0.3 is 0 Å². The second-order valence-electron chi connectivity index (χ2n) is 3.95. The van der Waals surface area contributed by atoms with Crippen molar-refractivity contribution in [3.63, 3.8) is 0 Å². The van der Waals surface area contributed by atoms with Gasteiger partial charge in [0.2, 0.25) is 5.91 Å². The molecule has 92 valence electrons. The zero-order valence-electron chi connectivity index (χ0n) is 9.33. The summed E-state index contributed by atoms with van der Waals surface area (Å²) >= 11 is 5.90. The summed E-state index contributed by atoms with van der Waals surface area (Å²) in [5.74, 6) is -0.0869. The van der Waals surface area contributed by atoms with Crippen LogP contribution in [0.5, 0.6) is 0 Å². The molecule has 0 aliphatic carbocycles. The minimum Gasteiger partial charge on any atom is -0.310 e. The predicted octanol–water partition coefficient (Wildman–Crippen LogP) is 2.00. The van der Waals surface area contributed by atoms with Gasteiger partial charge < -0.3 is 10.2 Å². The normalized spacial score (nSPS) is 20.7. The molecule has 2 rings (SSSR count). The lowest BCUT2D eigenvalue weighted by Crippen LogP contribution is -2.55. The Morgan fingerprint density at radius 2 is 2.35 bits per heavy atom. The molecule has 1 aromatic carbocycles. The van der Waals surface area contributed by atoms with Gasteiger partial charge in [0.25, 0.3) is 0 Å². The number of amides is 1. The molecule has 3 nitrogen and oxygen atoms in total. The van der Waals surface area contributed by atoms with Crippen molar-refractivity contribution in [2.75, 3.05) is 24.7 Å². The first kappa shape index (κ1) is 12.3. The lowest BCUT2D eigenvalue weighted by atomic mass is 10.1. The molecule has 0 unspecified atom stereocenters. The molecule has 1 aliphatic heterocycles. The fraction of sp³-hybridized carbons (Fsp3) is 0.417. The van der Waals surface area contributed by atoms with Gasteiger partial charge in [-0.1, -0.05) is 17.7 Å². The van der Waals surface area contributed by atoms with Crippen molar-refractivity contribution in [2.45, 2.75) is 12.5 Å². The summed E-state index contributed by atoms with van der Waals surface area (Å²) in [6.45, 7) is 0.762. The predicted molar refractivity (Wildman–Crippen MR) is 66.2 cm³/mol. The number of hydrogen-bond donors (Lipinski definition) is 1. The Morgan fingerprint density at radius 1 is 1.53 bits per heavy atom. The second-order valence-corrected chi connectivity index (χ2v) is 4.39. The fourth-order valence-corrected chi connectivity index (χ4v) is 2.16. The Bertz CT molecular complexity index is 411. The van der Waals surface area contributed by atoms with Crippen LogP contribution < -0.4 is 10.2 Å². The third-order valence-corrected chi connectivity index (χ3v) is 3.04. The van der Waals surface area contributed by atoms with Crippen LogP contribution in [0.3, 0.4) is 0 Å². The summed E-state index contributed by atoms with van der Waals surface area (Å²) in [5.41, 5.74) is 0.771. The summed E-state index contributed by atoms with van der Waals surface area (Å²) in [6, 6.07) is 6.72. The first-order valence-corrected chi connectivity index (χ1v) is 5.96. The average Bonchev–Trinajstić information content (AvgIpc) is 2.32. The highest BCUT2D eigenvalue weighted by Crippen LogP contribution is 2.21. The van der Waals surface area contributed by atoms with E-state index in [-0.39, 0.29) is 12.3 Å². The number of benzene rings is 1. The van der Waals surface area contributed by atoms with Crippen molar-refractivity contribution in [1.82, 2.24) is 5.32 Å². The van der Waals surface area contributed by atoms with E-state index < -0.39 is 12.7 Å². The largest absolute Gasteiger partial charge is 0.310 e. The molecule has 5 heteroatoms. The summed E-state index contributed by atoms with van der Waals surface area (Å²) in [6.07, 6.45) is 0.218. The van der Waals surface area contributed by atoms with E-state index in [1.54, 1.807) is 23.1 Å². The molecular weight excluding hydrogens is 243 g/mol. The van der Waals surface area contributed by atoms with E-state index in [4.69, 9.17) is 11.6 Å². The number of alkyl halides is 1. The lowest BCUT2D eigenvalue weighted by molar-refractivity contribution is -0.121. The zero-order chi connectivity index (χ0) is 12.3. The molecule has 1 amide bonds. The second kappa shape index (κ2) is 5.47. The van der Waals surface area contributed by atoms with Gasteiger partial charge in [0, 0.05) is 30.2 Å². The Labute approximate surface area is 105 Å². The van der Waals surface area contributed by atoms with Crippen molar-refractivity contribution in [1.29, 1.82) is 0 Å². The van der Waals surface area contributed by atoms with Gasteiger partial charge in [-0.3, -0.25) is 9.18 Å². The molecule has 0 saturated carbocycles. The number of nitrogens with zero attached hydrogens (tertiary/aromatic N) is 1. The zero-order valence-corrected chi connectivity index (χ0v) is 10.1. The Balaban J connectivity index is 2.17. The molecule has 1 aliphatic rings. The average molecular weight is 257 g/mol. The van der Waals surface area contributed by atoms with Crippen LogP contribution in [0, 0.1) is 0 Å². The molecule has 0 spiro atoms. The number of halogens is 2. The van der Waals surface area contributed by atoms with Crippen LogP contribution in [0.1, 0.15) is 6.42 Å². The summed E-state index contributed by atoms with van der Waals surface area (Å²) < 4.78 is 12.3. The van der Waals surface area contributed by atoms with E-state index in [0.717, 1.165) is 5.69 Å². The van der Waals surface area contributed by atoms with Crippen molar-refractivity contribution in [2.24, 2.45) is 0 Å². The van der Waals surface area contributed by atoms with E-state index in [9.17, 15) is 9.18 Å². The van der Waals surface area contributed by atoms with E-state index in [1.807, 2.05) is 6.07 Å². The number of carbonyl (C=O) groups excluding carboxylic acids is 1. The Kier molecular flexibility index (Phi) is 3.97. The van der Waals surface area contributed by atoms with Gasteiger partial charge in [0.15, 0.2) is 0 Å². The summed E-state index contributed by atoms with van der Waals surface area (Å²) in [5, 5.41) is 3.61. The number of carbonyl (C=O) groups is 1. The Morgan fingerprint density at radius 3 is 3.06 bits per heavy atom. The van der Waals surface area contributed by atoms with Crippen molar-refractivity contribution in [3.05, 3.63) is 29.3 Å². The first-order valence-electron chi connectivity index (χ1n) is 5.58. The highest BCUT2D eigenvalue weighted by molar-refractivity contribution is 6.30. The van der Waals surface area contributed by atoms with Crippen molar-refractivity contribution < 1.29 is 9.18 Å². The first-order chi connectivity index (χ1) is 8.22. The summed E-state index contributed by atoms with van der Waals surface area (Å²) in [7, 11) is 0. The molecule has 0 radical (unpaired) electrons. The molecule has 17 heavy (non-hydrogen) atoms. The van der Waals surface area contributed by atoms with Crippen molar-refractivity contribution in [3.8, 4) is 0 Å². The molecule has 1 saturated heterocycles. The van der Waals surface area contributed by atoms with Crippen LogP contribution in [0.2, 0.25) is 5.02 Å². The molecular formula is C12H14ClFN2O. The number of anilines is 1. The van der Waals surface area contributed by atoms with Crippen LogP contribution in [0.15, 0.2) is 24.3 Å². The van der Waals surface area contributed by atoms with Crippen LogP contribution in [-0.4, -0.2) is 31.7 Å². The monoisotopic (exact) mass is 256 g/mol. The molecule has 1 atom stereocenters. The molecule has 1 aromatic rings. The maximum atomic E-state index is 12.3. The number of nitrogens with one attached hydrogen (secondary N) is 1. The van der Waals surface area contributed by atoms with E-state index in [1.165, 1.54) is 0 Å². The van der Waals surface area contributed by atoms with Gasteiger partial charge in [-0.2, -0.15) is 0 Å². The molecule has 1 heterocycles. The van der Waals surface area contributed by atoms with E-state index >= 15 is 0 Å². The standard InChI is InChI=1S/C12H14ClFN2O/c13-9-2-1-3-10(8-9)16-7-6-15-11(4-5-14)12(16)17/h1-3,8,11,15H,4-7H2/t11-/m0/s1. The third kappa shape index (κ3) is 2.76. The Hall–Kier alpha value is -1.13. The quantitative estimate of drug-likeness (QED) is 0.897. The van der Waals surface area contributed by atoms with Crippen LogP contribution >= 0.6 is 11.6 Å². The molecule has 1 fully saturated rings. The molecule has 0 aromatic heterocycles. The van der Waals surface area contributed by atoms with Gasteiger partial charge in [-0.25, -0.2) is 0 Å². The third-order valence-electron chi connectivity index (χ3n) is 2.81. The fourth-order valence-electron chi connectivity index (χ4n) is 1.97. The van der Waals surface area contributed by atoms with Crippen LogP contribution in [-0.2, 0) is 4.79 Å². The smallest absolute Gasteiger partial charge is 0.244 e. The van der Waals surface area contributed by atoms with Crippen LogP contribution in [0.25, 0.3) is 0 Å². The number of rotatable bonds is 3. The maximum Gasteiger partial charge on any atom is 0.244 e. The number of piperazine rings is 1. The van der Waals surface area contributed by atoms with Crippen LogP contribution in [0.4, 0.5) is 10.1 Å². The molecule has 1 N–H and O–H groups in total. The highest BCUT2D eigenvalue weighted by Gasteiger charge is 2.28. The minimum absolute atomic E-state index is 0.0869. The topological polar surface area (TPSA) is 32.3 Å². The molecule has 0 bridgehead atoms. The summed E-state index contributed by atoms with van der Waals surface area (Å²) in [4.78, 5) is 13.7. The van der Waals surface area contributed by atoms with E-state index in [2.05, 4.69) is 5.32 Å². The SMILES string of the molecule is O=C1[C@H](CCF)NCCN1c1cccc(Cl)c1. The van der Waals surface area contributed by atoms with Crippen molar-refractivity contribution >= 4 is 23.2 Å². The van der Waals surface area contributed by atoms with E-state index in [0.29, 0.717) is 18.1 Å². The van der Waals surface area contributed by atoms with Gasteiger partial charge in [0.1, 0.15) is 0 Å².